The van der Waals surface area contributed by atoms with Gasteiger partial charge < -0.3 is 15.0 Å². The minimum absolute atomic E-state index is 0.122. The lowest BCUT2D eigenvalue weighted by molar-refractivity contribution is -0.141. The summed E-state index contributed by atoms with van der Waals surface area (Å²) in [5.74, 6) is 2.06. The van der Waals surface area contributed by atoms with Crippen molar-refractivity contribution in [2.24, 2.45) is 0 Å². The largest absolute Gasteiger partial charge is 0.383 e. The van der Waals surface area contributed by atoms with Crippen LogP contribution in [-0.2, 0) is 4.79 Å². The van der Waals surface area contributed by atoms with Crippen molar-refractivity contribution >= 4 is 28.7 Å². The van der Waals surface area contributed by atoms with E-state index in [0.29, 0.717) is 25.4 Å². The van der Waals surface area contributed by atoms with E-state index >= 15 is 0 Å². The first-order valence-electron chi connectivity index (χ1n) is 8.51. The van der Waals surface area contributed by atoms with Gasteiger partial charge in [0, 0.05) is 19.0 Å². The normalized spacial score (nSPS) is 17.4. The van der Waals surface area contributed by atoms with Gasteiger partial charge in [0.15, 0.2) is 0 Å². The number of para-hydroxylation sites is 1. The van der Waals surface area contributed by atoms with Crippen molar-refractivity contribution in [3.8, 4) is 0 Å². The summed E-state index contributed by atoms with van der Waals surface area (Å²) < 4.78 is 0. The Morgan fingerprint density at radius 3 is 2.88 bits per heavy atom. The van der Waals surface area contributed by atoms with Crippen molar-refractivity contribution < 1.29 is 9.90 Å². The number of H-pyrrole nitrogens is 1. The van der Waals surface area contributed by atoms with Crippen molar-refractivity contribution in [3.05, 3.63) is 29.6 Å². The van der Waals surface area contributed by atoms with E-state index in [1.54, 1.807) is 16.7 Å². The van der Waals surface area contributed by atoms with Crippen molar-refractivity contribution in [2.45, 2.75) is 38.2 Å². The van der Waals surface area contributed by atoms with E-state index in [1.807, 2.05) is 12.3 Å². The van der Waals surface area contributed by atoms with Gasteiger partial charge in [0.2, 0.25) is 0 Å². The molecule has 24 heavy (non-hydrogen) atoms. The Bertz CT molecular complexity index is 707. The van der Waals surface area contributed by atoms with Gasteiger partial charge in [-0.25, -0.2) is 4.98 Å². The molecular weight excluding hydrogens is 322 g/mol. The van der Waals surface area contributed by atoms with Crippen molar-refractivity contribution in [3.63, 3.8) is 0 Å². The van der Waals surface area contributed by atoms with Crippen LogP contribution in [0, 0.1) is 6.92 Å². The fourth-order valence-electron chi connectivity index (χ4n) is 3.32. The number of aliphatic hydroxyl groups is 1. The molecule has 1 fully saturated rings. The maximum Gasteiger partial charge on any atom is 0.251 e. The van der Waals surface area contributed by atoms with E-state index in [2.05, 4.69) is 24.0 Å². The Labute approximate surface area is 146 Å². The fraction of sp³-hybridized carbons (Fsp3) is 0.556. The number of thioether (sulfide) groups is 1. The highest BCUT2D eigenvalue weighted by molar-refractivity contribution is 7.98. The number of piperidine rings is 1. The smallest absolute Gasteiger partial charge is 0.251 e. The second-order valence-electron chi connectivity index (χ2n) is 6.49. The van der Waals surface area contributed by atoms with Crippen molar-refractivity contribution in [1.29, 1.82) is 0 Å². The van der Waals surface area contributed by atoms with Gasteiger partial charge in [-0.15, -0.1) is 0 Å². The van der Waals surface area contributed by atoms with E-state index in [0.717, 1.165) is 35.5 Å². The van der Waals surface area contributed by atoms with Crippen LogP contribution in [0.1, 0.15) is 36.6 Å². The molecule has 0 bridgehead atoms. The van der Waals surface area contributed by atoms with Crippen molar-refractivity contribution in [2.75, 3.05) is 25.1 Å². The predicted molar refractivity (Wildman–Crippen MR) is 98.4 cm³/mol. The van der Waals surface area contributed by atoms with E-state index < -0.39 is 6.10 Å². The molecule has 1 atom stereocenters. The Kier molecular flexibility index (Phi) is 5.46. The number of aryl methyl sites for hydroxylation is 1. The summed E-state index contributed by atoms with van der Waals surface area (Å²) in [6, 6.07) is 6.17. The number of aromatic amines is 1. The van der Waals surface area contributed by atoms with Gasteiger partial charge in [0.1, 0.15) is 11.9 Å². The Morgan fingerprint density at radius 2 is 2.21 bits per heavy atom. The minimum Gasteiger partial charge on any atom is -0.383 e. The van der Waals surface area contributed by atoms with Crippen LogP contribution in [0.25, 0.3) is 11.0 Å². The number of likely N-dealkylation sites (tertiary alicyclic amines) is 1. The number of aromatic nitrogens is 2. The molecule has 1 unspecified atom stereocenters. The number of nitrogens with zero attached hydrogens (tertiary/aromatic N) is 2. The average molecular weight is 347 g/mol. The van der Waals surface area contributed by atoms with Gasteiger partial charge in [-0.3, -0.25) is 4.79 Å². The lowest BCUT2D eigenvalue weighted by Gasteiger charge is -2.32. The van der Waals surface area contributed by atoms with E-state index in [1.165, 1.54) is 5.56 Å². The van der Waals surface area contributed by atoms with Crippen LogP contribution >= 0.6 is 11.8 Å². The summed E-state index contributed by atoms with van der Waals surface area (Å²) in [6.07, 6.45) is 3.43. The van der Waals surface area contributed by atoms with Gasteiger partial charge in [-0.1, -0.05) is 12.1 Å². The third kappa shape index (κ3) is 3.59. The summed E-state index contributed by atoms with van der Waals surface area (Å²) >= 11 is 1.65. The monoisotopic (exact) mass is 347 g/mol. The zero-order chi connectivity index (χ0) is 17.1. The fourth-order valence-corrected chi connectivity index (χ4v) is 3.78. The highest BCUT2D eigenvalue weighted by atomic mass is 32.2. The third-order valence-electron chi connectivity index (χ3n) is 4.81. The molecule has 2 heterocycles. The van der Waals surface area contributed by atoms with Gasteiger partial charge in [0.25, 0.3) is 5.91 Å². The Hall–Kier alpha value is -1.53. The van der Waals surface area contributed by atoms with Crippen molar-refractivity contribution in [1.82, 2.24) is 14.9 Å². The molecule has 0 aliphatic carbocycles. The molecule has 1 aliphatic heterocycles. The second kappa shape index (κ2) is 7.57. The molecule has 1 aliphatic rings. The molecule has 5 nitrogen and oxygen atoms in total. The van der Waals surface area contributed by atoms with E-state index in [9.17, 15) is 9.90 Å². The molecule has 0 saturated carbocycles. The average Bonchev–Trinajstić information content (AvgIpc) is 3.05. The summed E-state index contributed by atoms with van der Waals surface area (Å²) in [5.41, 5.74) is 3.30. The third-order valence-corrected chi connectivity index (χ3v) is 5.45. The molecule has 2 aromatic rings. The molecule has 1 aromatic carbocycles. The molecule has 1 amide bonds. The number of carbonyl (C=O) groups is 1. The minimum atomic E-state index is -0.858. The quantitative estimate of drug-likeness (QED) is 0.872. The molecule has 0 spiro atoms. The molecule has 130 valence electrons. The number of rotatable bonds is 5. The van der Waals surface area contributed by atoms with Crippen LogP contribution in [0.4, 0.5) is 0 Å². The molecule has 3 rings (SSSR count). The second-order valence-corrected chi connectivity index (χ2v) is 7.48. The van der Waals surface area contributed by atoms with E-state index in [-0.39, 0.29) is 5.91 Å². The number of benzene rings is 1. The predicted octanol–water partition coefficient (Wildman–Crippen LogP) is 2.69. The maximum atomic E-state index is 12.3. The summed E-state index contributed by atoms with van der Waals surface area (Å²) in [6.45, 7) is 3.45. The molecule has 0 radical (unpaired) electrons. The molecular formula is C18H25N3O2S. The number of nitrogens with one attached hydrogen (secondary N) is 1. The molecule has 1 saturated heterocycles. The summed E-state index contributed by atoms with van der Waals surface area (Å²) in [4.78, 5) is 22.3. The van der Waals surface area contributed by atoms with Crippen LogP contribution in [0.3, 0.4) is 0 Å². The van der Waals surface area contributed by atoms with Gasteiger partial charge in [0.05, 0.1) is 11.0 Å². The SMILES string of the molecule is CSCCC(O)C(=O)N1CCC(c2nc3c(C)cccc3[nH]2)CC1. The molecule has 1 aromatic heterocycles. The lowest BCUT2D eigenvalue weighted by atomic mass is 9.95. The number of fused-ring (bicyclic) bond motifs is 1. The van der Waals surface area contributed by atoms with E-state index in [4.69, 9.17) is 4.98 Å². The summed E-state index contributed by atoms with van der Waals surface area (Å²) in [7, 11) is 0. The van der Waals surface area contributed by atoms with Crippen LogP contribution < -0.4 is 0 Å². The highest BCUT2D eigenvalue weighted by Gasteiger charge is 2.28. The molecule has 6 heteroatoms. The number of hydrogen-bond donors (Lipinski definition) is 2. The zero-order valence-electron chi connectivity index (χ0n) is 14.3. The number of imidazole rings is 1. The van der Waals surface area contributed by atoms with Gasteiger partial charge in [-0.2, -0.15) is 11.8 Å². The number of hydrogen-bond acceptors (Lipinski definition) is 4. The number of aliphatic hydroxyl groups excluding tert-OH is 1. The van der Waals surface area contributed by atoms with Gasteiger partial charge >= 0.3 is 0 Å². The Balaban J connectivity index is 1.62. The zero-order valence-corrected chi connectivity index (χ0v) is 15.1. The highest BCUT2D eigenvalue weighted by Crippen LogP contribution is 2.28. The maximum absolute atomic E-state index is 12.3. The van der Waals surface area contributed by atoms with Crippen LogP contribution in [0.2, 0.25) is 0 Å². The Morgan fingerprint density at radius 1 is 1.46 bits per heavy atom. The lowest BCUT2D eigenvalue weighted by Crippen LogP contribution is -2.43. The standard InChI is InChI=1S/C18H25N3O2S/c1-12-4-3-5-14-16(12)20-17(19-14)13-6-9-21(10-7-13)18(23)15(22)8-11-24-2/h3-5,13,15,22H,6-11H2,1-2H3,(H,19,20). The van der Waals surface area contributed by atoms with Crippen LogP contribution in [0.5, 0.6) is 0 Å². The van der Waals surface area contributed by atoms with Crippen LogP contribution in [-0.4, -0.2) is 57.1 Å². The number of carbonyl (C=O) groups excluding carboxylic acids is 1. The first-order chi connectivity index (χ1) is 11.6. The topological polar surface area (TPSA) is 69.2 Å². The first-order valence-corrected chi connectivity index (χ1v) is 9.90. The summed E-state index contributed by atoms with van der Waals surface area (Å²) in [5, 5.41) is 9.99. The first kappa shape index (κ1) is 17.3. The van der Waals surface area contributed by atoms with Gasteiger partial charge in [-0.05, 0) is 49.8 Å². The number of amides is 1. The van der Waals surface area contributed by atoms with Crippen LogP contribution in [0.15, 0.2) is 18.2 Å². The molecule has 2 N–H and O–H groups in total.